The van der Waals surface area contributed by atoms with Gasteiger partial charge >= 0.3 is 0 Å². The Morgan fingerprint density at radius 3 is 2.55 bits per heavy atom. The Hall–Kier alpha value is -3.16. The summed E-state index contributed by atoms with van der Waals surface area (Å²) in [5.74, 6) is -0.504. The van der Waals surface area contributed by atoms with Gasteiger partial charge in [0.25, 0.3) is 0 Å². The Morgan fingerprint density at radius 2 is 1.87 bits per heavy atom. The third kappa shape index (κ3) is 6.16. The van der Waals surface area contributed by atoms with Gasteiger partial charge in [-0.25, -0.2) is 8.78 Å². The fraction of sp³-hybridized carbons (Fsp3) is 0.391. The van der Waals surface area contributed by atoms with Crippen molar-refractivity contribution in [2.75, 3.05) is 38.6 Å². The highest BCUT2D eigenvalue weighted by molar-refractivity contribution is 5.81. The first-order chi connectivity index (χ1) is 15.0. The molecule has 0 aromatic heterocycles. The fourth-order valence-corrected chi connectivity index (χ4v) is 3.68. The van der Waals surface area contributed by atoms with Crippen molar-refractivity contribution < 1.29 is 13.6 Å². The normalized spacial score (nSPS) is 16.3. The van der Waals surface area contributed by atoms with Gasteiger partial charge in [0, 0.05) is 52.7 Å². The fourth-order valence-electron chi connectivity index (χ4n) is 3.68. The second kappa shape index (κ2) is 10.7. The zero-order chi connectivity index (χ0) is 22.2. The monoisotopic (exact) mass is 429 g/mol. The van der Waals surface area contributed by atoms with Crippen molar-refractivity contribution in [3.63, 3.8) is 0 Å². The van der Waals surface area contributed by atoms with Crippen LogP contribution in [0.5, 0.6) is 0 Å². The Labute approximate surface area is 182 Å². The average Bonchev–Trinajstić information content (AvgIpc) is 3.21. The number of hydrogen-bond acceptors (Lipinski definition) is 3. The number of carbonyl (C=O) groups excluding carboxylic acids is 1. The van der Waals surface area contributed by atoms with Gasteiger partial charge in [-0.1, -0.05) is 36.4 Å². The molecule has 1 aliphatic heterocycles. The Balaban J connectivity index is 1.43. The quantitative estimate of drug-likeness (QED) is 0.525. The minimum atomic E-state index is -0.554. The van der Waals surface area contributed by atoms with Crippen molar-refractivity contribution in [1.29, 1.82) is 0 Å². The summed E-state index contributed by atoms with van der Waals surface area (Å²) in [5, 5.41) is 6.42. The molecule has 2 aromatic rings. The average molecular weight is 430 g/mol. The van der Waals surface area contributed by atoms with E-state index >= 15 is 0 Å². The molecule has 3 rings (SSSR count). The number of aliphatic imine (C=N–C) groups is 1. The summed E-state index contributed by atoms with van der Waals surface area (Å²) in [7, 11) is 3.44. The molecular formula is C23H29F2N5O. The van der Waals surface area contributed by atoms with E-state index in [9.17, 15) is 13.6 Å². The lowest BCUT2D eigenvalue weighted by molar-refractivity contribution is -0.130. The number of carbonyl (C=O) groups is 1. The van der Waals surface area contributed by atoms with Crippen LogP contribution in [0, 0.1) is 11.6 Å². The number of nitrogens with zero attached hydrogens (tertiary/aromatic N) is 3. The molecule has 1 saturated heterocycles. The lowest BCUT2D eigenvalue weighted by Crippen LogP contribution is -2.45. The van der Waals surface area contributed by atoms with Crippen molar-refractivity contribution in [3.8, 4) is 0 Å². The third-order valence-electron chi connectivity index (χ3n) is 5.33. The van der Waals surface area contributed by atoms with Crippen LogP contribution >= 0.6 is 0 Å². The van der Waals surface area contributed by atoms with Crippen LogP contribution in [0.2, 0.25) is 0 Å². The van der Waals surface area contributed by atoms with Gasteiger partial charge < -0.3 is 20.4 Å². The molecule has 2 N–H and O–H groups in total. The molecule has 0 saturated carbocycles. The highest BCUT2D eigenvalue weighted by Crippen LogP contribution is 2.26. The first kappa shape index (κ1) is 22.5. The largest absolute Gasteiger partial charge is 0.365 e. The SMILES string of the molecule is CN=C(NCCC(=O)N(C)Cc1ccccc1)NC1CCN(c2c(F)cccc2F)C1. The zero-order valence-electron chi connectivity index (χ0n) is 17.9. The molecule has 0 spiro atoms. The van der Waals surface area contributed by atoms with E-state index in [1.165, 1.54) is 18.2 Å². The van der Waals surface area contributed by atoms with Crippen molar-refractivity contribution >= 4 is 17.6 Å². The van der Waals surface area contributed by atoms with Gasteiger partial charge in [-0.3, -0.25) is 9.79 Å². The minimum Gasteiger partial charge on any atom is -0.365 e. The van der Waals surface area contributed by atoms with E-state index in [0.717, 1.165) is 12.0 Å². The zero-order valence-corrected chi connectivity index (χ0v) is 17.9. The minimum absolute atomic E-state index is 0.00154. The standard InChI is InChI=1S/C23H29F2N5O/c1-26-23(27-13-11-21(31)29(2)15-17-7-4-3-5-8-17)28-18-12-14-30(16-18)22-19(24)9-6-10-20(22)25/h3-10,18H,11-16H2,1-2H3,(H2,26,27,28). The molecule has 8 heteroatoms. The molecule has 166 valence electrons. The summed E-state index contributed by atoms with van der Waals surface area (Å²) in [6, 6.07) is 13.7. The predicted octanol–water partition coefficient (Wildman–Crippen LogP) is 2.76. The molecule has 1 amide bonds. The van der Waals surface area contributed by atoms with Crippen LogP contribution in [0.4, 0.5) is 14.5 Å². The topological polar surface area (TPSA) is 60.0 Å². The van der Waals surface area contributed by atoms with Crippen LogP contribution in [-0.4, -0.2) is 56.5 Å². The second-order valence-corrected chi connectivity index (χ2v) is 7.63. The van der Waals surface area contributed by atoms with Crippen molar-refractivity contribution in [2.24, 2.45) is 4.99 Å². The maximum absolute atomic E-state index is 14.0. The first-order valence-corrected chi connectivity index (χ1v) is 10.4. The Bertz CT molecular complexity index is 886. The van der Waals surface area contributed by atoms with E-state index in [-0.39, 0.29) is 17.6 Å². The molecule has 0 radical (unpaired) electrons. The van der Waals surface area contributed by atoms with E-state index in [0.29, 0.717) is 38.6 Å². The van der Waals surface area contributed by atoms with Crippen LogP contribution in [0.15, 0.2) is 53.5 Å². The predicted molar refractivity (Wildman–Crippen MR) is 119 cm³/mol. The Kier molecular flexibility index (Phi) is 7.81. The molecule has 0 aliphatic carbocycles. The number of guanidine groups is 1. The summed E-state index contributed by atoms with van der Waals surface area (Å²) in [4.78, 5) is 20.0. The summed E-state index contributed by atoms with van der Waals surface area (Å²) in [6.45, 7) is 2.03. The van der Waals surface area contributed by atoms with Crippen LogP contribution in [0.25, 0.3) is 0 Å². The Morgan fingerprint density at radius 1 is 1.16 bits per heavy atom. The lowest BCUT2D eigenvalue weighted by atomic mass is 10.2. The smallest absolute Gasteiger partial charge is 0.224 e. The van der Waals surface area contributed by atoms with Crippen molar-refractivity contribution in [2.45, 2.75) is 25.4 Å². The second-order valence-electron chi connectivity index (χ2n) is 7.63. The van der Waals surface area contributed by atoms with Gasteiger partial charge in [0.05, 0.1) is 0 Å². The molecule has 1 atom stereocenters. The van der Waals surface area contributed by atoms with Crippen LogP contribution in [-0.2, 0) is 11.3 Å². The number of rotatable bonds is 7. The molecular weight excluding hydrogens is 400 g/mol. The number of benzene rings is 2. The van der Waals surface area contributed by atoms with E-state index in [1.807, 2.05) is 30.3 Å². The molecule has 31 heavy (non-hydrogen) atoms. The number of nitrogens with one attached hydrogen (secondary N) is 2. The number of halogens is 2. The maximum Gasteiger partial charge on any atom is 0.224 e. The molecule has 0 bridgehead atoms. The number of para-hydroxylation sites is 1. The van der Waals surface area contributed by atoms with Crippen LogP contribution in [0.1, 0.15) is 18.4 Å². The van der Waals surface area contributed by atoms with Crippen LogP contribution in [0.3, 0.4) is 0 Å². The first-order valence-electron chi connectivity index (χ1n) is 10.4. The van der Waals surface area contributed by atoms with E-state index in [4.69, 9.17) is 0 Å². The van der Waals surface area contributed by atoms with Gasteiger partial charge in [-0.15, -0.1) is 0 Å². The van der Waals surface area contributed by atoms with Gasteiger partial charge in [-0.2, -0.15) is 0 Å². The van der Waals surface area contributed by atoms with Crippen molar-refractivity contribution in [1.82, 2.24) is 15.5 Å². The van der Waals surface area contributed by atoms with Gasteiger partial charge in [0.15, 0.2) is 5.96 Å². The molecule has 1 fully saturated rings. The highest BCUT2D eigenvalue weighted by Gasteiger charge is 2.27. The molecule has 1 unspecified atom stereocenters. The van der Waals surface area contributed by atoms with Gasteiger partial charge in [0.2, 0.25) is 5.91 Å². The summed E-state index contributed by atoms with van der Waals surface area (Å²) >= 11 is 0. The van der Waals surface area contributed by atoms with Crippen LogP contribution < -0.4 is 15.5 Å². The number of anilines is 1. The number of hydrogen-bond donors (Lipinski definition) is 2. The molecule has 6 nitrogen and oxygen atoms in total. The van der Waals surface area contributed by atoms with Gasteiger partial charge in [0.1, 0.15) is 17.3 Å². The molecule has 1 heterocycles. The van der Waals surface area contributed by atoms with E-state index in [1.54, 1.807) is 23.9 Å². The summed E-state index contributed by atoms with van der Waals surface area (Å²) in [6.07, 6.45) is 1.06. The van der Waals surface area contributed by atoms with E-state index < -0.39 is 11.6 Å². The highest BCUT2D eigenvalue weighted by atomic mass is 19.1. The lowest BCUT2D eigenvalue weighted by Gasteiger charge is -2.21. The number of amides is 1. The summed E-state index contributed by atoms with van der Waals surface area (Å²) < 4.78 is 28.1. The molecule has 2 aromatic carbocycles. The van der Waals surface area contributed by atoms with Gasteiger partial charge in [-0.05, 0) is 24.1 Å². The summed E-state index contributed by atoms with van der Waals surface area (Å²) in [5.41, 5.74) is 1.10. The molecule has 1 aliphatic rings. The van der Waals surface area contributed by atoms with Crippen molar-refractivity contribution in [3.05, 3.63) is 65.7 Å². The third-order valence-corrected chi connectivity index (χ3v) is 5.33. The maximum atomic E-state index is 14.0. The van der Waals surface area contributed by atoms with E-state index in [2.05, 4.69) is 15.6 Å².